The highest BCUT2D eigenvalue weighted by molar-refractivity contribution is 7.99. The molecule has 92 valence electrons. The average molecular weight is 249 g/mol. The van der Waals surface area contributed by atoms with Gasteiger partial charge in [-0.25, -0.2) is 4.98 Å². The molecule has 1 rings (SSSR count). The van der Waals surface area contributed by atoms with E-state index in [0.29, 0.717) is 0 Å². The quantitative estimate of drug-likeness (QED) is 0.787. The number of pyridine rings is 1. The number of nitrogens with one attached hydrogen (secondary N) is 1. The van der Waals surface area contributed by atoms with Crippen molar-refractivity contribution >= 4 is 11.8 Å². The third-order valence-electron chi connectivity index (χ3n) is 2.34. The minimum atomic E-state index is -0.0431. The summed E-state index contributed by atoms with van der Waals surface area (Å²) < 4.78 is 0. The lowest BCUT2D eigenvalue weighted by Gasteiger charge is -2.09. The summed E-state index contributed by atoms with van der Waals surface area (Å²) >= 11 is 1.72. The van der Waals surface area contributed by atoms with Gasteiger partial charge in [0.2, 0.25) is 0 Å². The predicted octanol–water partition coefficient (Wildman–Crippen LogP) is 2.68. The van der Waals surface area contributed by atoms with Gasteiger partial charge in [0.25, 0.3) is 0 Å². The van der Waals surface area contributed by atoms with E-state index in [9.17, 15) is 0 Å². The fourth-order valence-corrected chi connectivity index (χ4v) is 2.66. The SMILES string of the molecule is CCNC(C#N)CCSc1cc(C)cc(C)n1. The molecule has 0 aliphatic heterocycles. The second-order valence-corrected chi connectivity index (χ2v) is 5.12. The van der Waals surface area contributed by atoms with Crippen molar-refractivity contribution in [1.29, 1.82) is 5.26 Å². The molecule has 0 aliphatic carbocycles. The van der Waals surface area contributed by atoms with Gasteiger partial charge < -0.3 is 5.32 Å². The van der Waals surface area contributed by atoms with Gasteiger partial charge in [-0.05, 0) is 44.5 Å². The fourth-order valence-electron chi connectivity index (χ4n) is 1.62. The number of hydrogen-bond donors (Lipinski definition) is 1. The molecule has 0 saturated carbocycles. The molecular formula is C13H19N3S. The number of aromatic nitrogens is 1. The molecule has 1 aromatic rings. The van der Waals surface area contributed by atoms with E-state index in [2.05, 4.69) is 35.4 Å². The monoisotopic (exact) mass is 249 g/mol. The Labute approximate surface area is 108 Å². The van der Waals surface area contributed by atoms with Crippen LogP contribution >= 0.6 is 11.8 Å². The van der Waals surface area contributed by atoms with E-state index in [1.807, 2.05) is 13.8 Å². The summed E-state index contributed by atoms with van der Waals surface area (Å²) in [5.74, 6) is 0.918. The molecule has 0 radical (unpaired) electrons. The second-order valence-electron chi connectivity index (χ2n) is 4.00. The van der Waals surface area contributed by atoms with Crippen molar-refractivity contribution in [1.82, 2.24) is 10.3 Å². The van der Waals surface area contributed by atoms with Gasteiger partial charge in [-0.15, -0.1) is 11.8 Å². The number of nitrogens with zero attached hydrogens (tertiary/aromatic N) is 2. The summed E-state index contributed by atoms with van der Waals surface area (Å²) in [6, 6.07) is 6.38. The van der Waals surface area contributed by atoms with E-state index in [-0.39, 0.29) is 6.04 Å². The number of nitriles is 1. The van der Waals surface area contributed by atoms with Crippen LogP contribution in [0.15, 0.2) is 17.2 Å². The zero-order chi connectivity index (χ0) is 12.7. The highest BCUT2D eigenvalue weighted by Gasteiger charge is 2.06. The third-order valence-corrected chi connectivity index (χ3v) is 3.28. The molecule has 1 unspecified atom stereocenters. The molecular weight excluding hydrogens is 230 g/mol. The van der Waals surface area contributed by atoms with Gasteiger partial charge in [0.05, 0.1) is 17.1 Å². The number of thioether (sulfide) groups is 1. The van der Waals surface area contributed by atoms with Crippen LogP contribution in [-0.4, -0.2) is 23.3 Å². The zero-order valence-corrected chi connectivity index (χ0v) is 11.5. The van der Waals surface area contributed by atoms with E-state index >= 15 is 0 Å². The van der Waals surface area contributed by atoms with Gasteiger partial charge in [0.1, 0.15) is 0 Å². The first-order valence-corrected chi connectivity index (χ1v) is 6.85. The van der Waals surface area contributed by atoms with Gasteiger partial charge in [-0.1, -0.05) is 6.92 Å². The van der Waals surface area contributed by atoms with Crippen LogP contribution in [-0.2, 0) is 0 Å². The molecule has 3 nitrogen and oxygen atoms in total. The second kappa shape index (κ2) is 7.31. The maximum absolute atomic E-state index is 8.91. The summed E-state index contributed by atoms with van der Waals surface area (Å²) in [5.41, 5.74) is 2.29. The normalized spacial score (nSPS) is 12.1. The molecule has 17 heavy (non-hydrogen) atoms. The van der Waals surface area contributed by atoms with E-state index < -0.39 is 0 Å². The maximum Gasteiger partial charge on any atom is 0.0965 e. The van der Waals surface area contributed by atoms with Crippen LogP contribution in [0.1, 0.15) is 24.6 Å². The predicted molar refractivity (Wildman–Crippen MR) is 72.1 cm³/mol. The van der Waals surface area contributed by atoms with E-state index in [1.54, 1.807) is 11.8 Å². The number of hydrogen-bond acceptors (Lipinski definition) is 4. The topological polar surface area (TPSA) is 48.7 Å². The molecule has 1 N–H and O–H groups in total. The van der Waals surface area contributed by atoms with Crippen molar-refractivity contribution in [3.05, 3.63) is 23.4 Å². The Morgan fingerprint density at radius 1 is 1.47 bits per heavy atom. The van der Waals surface area contributed by atoms with Crippen molar-refractivity contribution in [3.63, 3.8) is 0 Å². The summed E-state index contributed by atoms with van der Waals surface area (Å²) in [5, 5.41) is 13.1. The molecule has 0 spiro atoms. The lowest BCUT2D eigenvalue weighted by Crippen LogP contribution is -2.27. The van der Waals surface area contributed by atoms with Crippen molar-refractivity contribution in [2.75, 3.05) is 12.3 Å². The summed E-state index contributed by atoms with van der Waals surface area (Å²) in [6.45, 7) is 6.94. The first-order chi connectivity index (χ1) is 8.15. The highest BCUT2D eigenvalue weighted by Crippen LogP contribution is 2.18. The third kappa shape index (κ3) is 5.20. The molecule has 0 fully saturated rings. The van der Waals surface area contributed by atoms with Gasteiger partial charge in [0.15, 0.2) is 0 Å². The van der Waals surface area contributed by atoms with Gasteiger partial charge in [0, 0.05) is 11.4 Å². The smallest absolute Gasteiger partial charge is 0.0965 e. The average Bonchev–Trinajstić information content (AvgIpc) is 2.26. The summed E-state index contributed by atoms with van der Waals surface area (Å²) in [4.78, 5) is 4.46. The van der Waals surface area contributed by atoms with Crippen molar-refractivity contribution in [2.45, 2.75) is 38.3 Å². The molecule has 0 aromatic carbocycles. The molecule has 0 amide bonds. The largest absolute Gasteiger partial charge is 0.302 e. The Morgan fingerprint density at radius 2 is 2.24 bits per heavy atom. The van der Waals surface area contributed by atoms with Crippen LogP contribution in [0.2, 0.25) is 0 Å². The Morgan fingerprint density at radius 3 is 2.82 bits per heavy atom. The summed E-state index contributed by atoms with van der Waals surface area (Å²) in [7, 11) is 0. The first kappa shape index (κ1) is 14.0. The minimum Gasteiger partial charge on any atom is -0.302 e. The van der Waals surface area contributed by atoms with Crippen LogP contribution in [0.3, 0.4) is 0 Å². The molecule has 0 bridgehead atoms. The number of rotatable bonds is 6. The first-order valence-electron chi connectivity index (χ1n) is 5.86. The highest BCUT2D eigenvalue weighted by atomic mass is 32.2. The lowest BCUT2D eigenvalue weighted by atomic mass is 10.2. The van der Waals surface area contributed by atoms with Crippen molar-refractivity contribution in [3.8, 4) is 6.07 Å². The van der Waals surface area contributed by atoms with E-state index in [0.717, 1.165) is 29.4 Å². The molecule has 1 heterocycles. The Hall–Kier alpha value is -1.05. The molecule has 0 aliphatic rings. The Kier molecular flexibility index (Phi) is 6.03. The maximum atomic E-state index is 8.91. The number of aryl methyl sites for hydroxylation is 2. The van der Waals surface area contributed by atoms with Crippen LogP contribution in [0.5, 0.6) is 0 Å². The molecule has 1 atom stereocenters. The Bertz CT molecular complexity index is 378. The van der Waals surface area contributed by atoms with Crippen molar-refractivity contribution < 1.29 is 0 Å². The summed E-state index contributed by atoms with van der Waals surface area (Å²) in [6.07, 6.45) is 0.851. The zero-order valence-electron chi connectivity index (χ0n) is 10.7. The molecule has 1 aromatic heterocycles. The standard InChI is InChI=1S/C13H19N3S/c1-4-15-12(9-14)5-6-17-13-8-10(2)7-11(3)16-13/h7-8,12,15H,4-6H2,1-3H3. The van der Waals surface area contributed by atoms with E-state index in [1.165, 1.54) is 5.56 Å². The fraction of sp³-hybridized carbons (Fsp3) is 0.538. The van der Waals surface area contributed by atoms with Gasteiger partial charge in [-0.2, -0.15) is 5.26 Å². The lowest BCUT2D eigenvalue weighted by molar-refractivity contribution is 0.613. The minimum absolute atomic E-state index is 0.0431. The van der Waals surface area contributed by atoms with Gasteiger partial charge in [-0.3, -0.25) is 0 Å². The molecule has 0 saturated heterocycles. The molecule has 4 heteroatoms. The van der Waals surface area contributed by atoms with Crippen molar-refractivity contribution in [2.24, 2.45) is 0 Å². The van der Waals surface area contributed by atoms with Crippen LogP contribution < -0.4 is 5.32 Å². The Balaban J connectivity index is 2.42. The van der Waals surface area contributed by atoms with Crippen LogP contribution in [0.25, 0.3) is 0 Å². The van der Waals surface area contributed by atoms with Crippen LogP contribution in [0, 0.1) is 25.2 Å². The van der Waals surface area contributed by atoms with Gasteiger partial charge >= 0.3 is 0 Å². The van der Waals surface area contributed by atoms with E-state index in [4.69, 9.17) is 5.26 Å². The van der Waals surface area contributed by atoms with Crippen LogP contribution in [0.4, 0.5) is 0 Å².